The average molecular weight is 139 g/mol. The topological polar surface area (TPSA) is 32.6 Å². The van der Waals surface area contributed by atoms with Gasteiger partial charge in [-0.25, -0.2) is 0 Å². The summed E-state index contributed by atoms with van der Waals surface area (Å²) in [5.41, 5.74) is -0.0747. The van der Waals surface area contributed by atoms with Crippen LogP contribution in [0.25, 0.3) is 0 Å². The highest BCUT2D eigenvalue weighted by molar-refractivity contribution is 5.75. The van der Waals surface area contributed by atoms with Gasteiger partial charge in [0.25, 0.3) is 0 Å². The fraction of sp³-hybridized carbons (Fsp3) is 0.625. The maximum atomic E-state index is 8.72. The van der Waals surface area contributed by atoms with Gasteiger partial charge < -0.3 is 5.11 Å². The molecule has 10 heavy (non-hydrogen) atoms. The molecule has 1 aliphatic rings. The van der Waals surface area contributed by atoms with E-state index in [0.29, 0.717) is 0 Å². The molecular weight excluding hydrogens is 126 g/mol. The second-order valence-corrected chi connectivity index (χ2v) is 2.57. The minimum absolute atomic E-state index is 0.0747. The molecule has 0 saturated heterocycles. The summed E-state index contributed by atoms with van der Waals surface area (Å²) in [5.74, 6) is 0. The first-order valence-electron chi connectivity index (χ1n) is 3.67. The number of allylic oxidation sites excluding steroid dienone is 1. The lowest BCUT2D eigenvalue weighted by atomic mass is 9.94. The van der Waals surface area contributed by atoms with Crippen molar-refractivity contribution in [2.75, 3.05) is 6.61 Å². The van der Waals surface area contributed by atoms with E-state index >= 15 is 0 Å². The van der Waals surface area contributed by atoms with Crippen LogP contribution in [0.1, 0.15) is 19.8 Å². The Morgan fingerprint density at radius 3 is 2.80 bits per heavy atom. The monoisotopic (exact) mass is 139 g/mol. The Labute approximate surface area is 61.3 Å². The Bertz CT molecular complexity index is 149. The number of nitrogens with zero attached hydrogens (tertiary/aromatic N) is 1. The second-order valence-electron chi connectivity index (χ2n) is 2.57. The SMILES string of the molecule is CCC1(CCO)C=CC=N1. The second kappa shape index (κ2) is 2.97. The van der Waals surface area contributed by atoms with E-state index in [1.54, 1.807) is 6.21 Å². The molecule has 0 fully saturated rings. The normalized spacial score (nSPS) is 29.8. The summed E-state index contributed by atoms with van der Waals surface area (Å²) >= 11 is 0. The first-order valence-corrected chi connectivity index (χ1v) is 3.67. The Balaban J connectivity index is 2.60. The quantitative estimate of drug-likeness (QED) is 0.625. The molecule has 0 aromatic carbocycles. The van der Waals surface area contributed by atoms with Crippen LogP contribution >= 0.6 is 0 Å². The Morgan fingerprint density at radius 1 is 1.60 bits per heavy atom. The largest absolute Gasteiger partial charge is 0.396 e. The molecule has 1 N–H and O–H groups in total. The maximum absolute atomic E-state index is 8.72. The minimum atomic E-state index is -0.0747. The molecule has 0 saturated carbocycles. The van der Waals surface area contributed by atoms with Crippen LogP contribution in [0.4, 0.5) is 0 Å². The molecule has 0 spiro atoms. The van der Waals surface area contributed by atoms with E-state index in [-0.39, 0.29) is 12.1 Å². The summed E-state index contributed by atoms with van der Waals surface area (Å²) in [6.07, 6.45) is 7.53. The van der Waals surface area contributed by atoms with E-state index in [2.05, 4.69) is 18.0 Å². The lowest BCUT2D eigenvalue weighted by Gasteiger charge is -2.20. The smallest absolute Gasteiger partial charge is 0.0810 e. The molecule has 1 rings (SSSR count). The molecule has 0 radical (unpaired) electrons. The zero-order chi connectivity index (χ0) is 7.45. The van der Waals surface area contributed by atoms with E-state index < -0.39 is 0 Å². The Kier molecular flexibility index (Phi) is 2.22. The first kappa shape index (κ1) is 7.48. The van der Waals surface area contributed by atoms with E-state index in [9.17, 15) is 0 Å². The van der Waals surface area contributed by atoms with Crippen LogP contribution in [-0.4, -0.2) is 23.5 Å². The predicted octanol–water partition coefficient (Wildman–Crippen LogP) is 1.16. The number of aliphatic hydroxyl groups is 1. The van der Waals surface area contributed by atoms with Gasteiger partial charge in [-0.2, -0.15) is 0 Å². The summed E-state index contributed by atoms with van der Waals surface area (Å²) in [4.78, 5) is 4.28. The van der Waals surface area contributed by atoms with Crippen molar-refractivity contribution in [1.82, 2.24) is 0 Å². The van der Waals surface area contributed by atoms with Crippen molar-refractivity contribution < 1.29 is 5.11 Å². The molecular formula is C8H13NO. The number of aliphatic imine (C=N–C) groups is 1. The Morgan fingerprint density at radius 2 is 2.40 bits per heavy atom. The van der Waals surface area contributed by atoms with Crippen LogP contribution < -0.4 is 0 Å². The highest BCUT2D eigenvalue weighted by Gasteiger charge is 2.24. The third kappa shape index (κ3) is 1.27. The van der Waals surface area contributed by atoms with E-state index in [1.165, 1.54) is 0 Å². The van der Waals surface area contributed by atoms with Crippen LogP contribution in [0, 0.1) is 0 Å². The van der Waals surface area contributed by atoms with Crippen LogP contribution in [-0.2, 0) is 0 Å². The number of aliphatic hydroxyl groups excluding tert-OH is 1. The summed E-state index contributed by atoms with van der Waals surface area (Å²) < 4.78 is 0. The lowest BCUT2D eigenvalue weighted by Crippen LogP contribution is -2.21. The molecule has 0 aromatic heterocycles. The van der Waals surface area contributed by atoms with Crippen LogP contribution in [0.3, 0.4) is 0 Å². The van der Waals surface area contributed by atoms with E-state index in [4.69, 9.17) is 5.11 Å². The van der Waals surface area contributed by atoms with Crippen LogP contribution in [0.15, 0.2) is 17.1 Å². The van der Waals surface area contributed by atoms with Gasteiger partial charge in [0.15, 0.2) is 0 Å². The third-order valence-electron chi connectivity index (χ3n) is 1.98. The molecule has 1 atom stereocenters. The van der Waals surface area contributed by atoms with Crippen molar-refractivity contribution in [3.63, 3.8) is 0 Å². The molecule has 0 amide bonds. The molecule has 0 aromatic rings. The molecule has 2 heteroatoms. The molecule has 2 nitrogen and oxygen atoms in total. The van der Waals surface area contributed by atoms with Gasteiger partial charge in [-0.05, 0) is 18.9 Å². The third-order valence-corrected chi connectivity index (χ3v) is 1.98. The summed E-state index contributed by atoms with van der Waals surface area (Å²) in [5, 5.41) is 8.72. The number of hydrogen-bond acceptors (Lipinski definition) is 2. The van der Waals surface area contributed by atoms with Gasteiger partial charge in [0.1, 0.15) is 0 Å². The molecule has 0 bridgehead atoms. The minimum Gasteiger partial charge on any atom is -0.396 e. The summed E-state index contributed by atoms with van der Waals surface area (Å²) in [6.45, 7) is 2.30. The summed E-state index contributed by atoms with van der Waals surface area (Å²) in [7, 11) is 0. The molecule has 56 valence electrons. The van der Waals surface area contributed by atoms with Gasteiger partial charge in [-0.15, -0.1) is 0 Å². The van der Waals surface area contributed by atoms with Crippen molar-refractivity contribution >= 4 is 6.21 Å². The van der Waals surface area contributed by atoms with Crippen LogP contribution in [0.5, 0.6) is 0 Å². The van der Waals surface area contributed by atoms with Gasteiger partial charge >= 0.3 is 0 Å². The van der Waals surface area contributed by atoms with Gasteiger partial charge in [0, 0.05) is 12.8 Å². The van der Waals surface area contributed by atoms with E-state index in [0.717, 1.165) is 12.8 Å². The number of rotatable bonds is 3. The van der Waals surface area contributed by atoms with Crippen molar-refractivity contribution in [2.24, 2.45) is 4.99 Å². The summed E-state index contributed by atoms with van der Waals surface area (Å²) in [6, 6.07) is 0. The highest BCUT2D eigenvalue weighted by atomic mass is 16.3. The average Bonchev–Trinajstić information content (AvgIpc) is 2.39. The van der Waals surface area contributed by atoms with Crippen molar-refractivity contribution in [1.29, 1.82) is 0 Å². The van der Waals surface area contributed by atoms with E-state index in [1.807, 2.05) is 6.08 Å². The Hall–Kier alpha value is -0.630. The fourth-order valence-corrected chi connectivity index (χ4v) is 1.18. The van der Waals surface area contributed by atoms with Crippen LogP contribution in [0.2, 0.25) is 0 Å². The highest BCUT2D eigenvalue weighted by Crippen LogP contribution is 2.24. The lowest BCUT2D eigenvalue weighted by molar-refractivity contribution is 0.256. The van der Waals surface area contributed by atoms with Crippen molar-refractivity contribution in [2.45, 2.75) is 25.3 Å². The maximum Gasteiger partial charge on any atom is 0.0810 e. The predicted molar refractivity (Wildman–Crippen MR) is 42.4 cm³/mol. The van der Waals surface area contributed by atoms with Crippen molar-refractivity contribution in [3.05, 3.63) is 12.2 Å². The van der Waals surface area contributed by atoms with Gasteiger partial charge in [-0.3, -0.25) is 4.99 Å². The van der Waals surface area contributed by atoms with Crippen molar-refractivity contribution in [3.8, 4) is 0 Å². The first-order chi connectivity index (χ1) is 4.83. The zero-order valence-corrected chi connectivity index (χ0v) is 6.25. The number of hydrogen-bond donors (Lipinski definition) is 1. The molecule has 1 unspecified atom stereocenters. The van der Waals surface area contributed by atoms with Gasteiger partial charge in [-0.1, -0.05) is 13.0 Å². The van der Waals surface area contributed by atoms with Gasteiger partial charge in [0.2, 0.25) is 0 Å². The molecule has 0 aliphatic carbocycles. The standard InChI is InChI=1S/C8H13NO/c1-2-8(5-7-10)4-3-6-9-8/h3-4,6,10H,2,5,7H2,1H3. The fourth-order valence-electron chi connectivity index (χ4n) is 1.18. The van der Waals surface area contributed by atoms with Gasteiger partial charge in [0.05, 0.1) is 5.54 Å². The molecule has 1 aliphatic heterocycles. The zero-order valence-electron chi connectivity index (χ0n) is 6.25. The molecule has 1 heterocycles.